The zero-order valence-corrected chi connectivity index (χ0v) is 15.1. The van der Waals surface area contributed by atoms with Crippen molar-refractivity contribution >= 4 is 34.8 Å². The molecule has 0 aliphatic heterocycles. The molecule has 1 amide bonds. The number of pyridine rings is 1. The molecular weight excluding hydrogens is 378 g/mol. The van der Waals surface area contributed by atoms with Crippen LogP contribution < -0.4 is 9.64 Å². The Morgan fingerprint density at radius 2 is 1.88 bits per heavy atom. The fourth-order valence-corrected chi connectivity index (χ4v) is 2.75. The van der Waals surface area contributed by atoms with Gasteiger partial charge in [0, 0.05) is 19.3 Å². The van der Waals surface area contributed by atoms with Crippen LogP contribution in [0.3, 0.4) is 0 Å². The third-order valence-electron chi connectivity index (χ3n) is 3.65. The fraction of sp³-hybridized carbons (Fsp3) is 0.0526. The largest absolute Gasteiger partial charge is 0.455 e. The SMILES string of the molecule is CN(C(=O)c1ccncc1Oc1ccc(F)c(Cl)c1)c1ccccc1Cl. The van der Waals surface area contributed by atoms with E-state index in [1.807, 2.05) is 0 Å². The number of hydrogen-bond donors (Lipinski definition) is 0. The topological polar surface area (TPSA) is 42.4 Å². The molecule has 2 aromatic carbocycles. The summed E-state index contributed by atoms with van der Waals surface area (Å²) in [5.74, 6) is -0.374. The molecule has 0 aliphatic rings. The Hall–Kier alpha value is -2.63. The van der Waals surface area contributed by atoms with Gasteiger partial charge < -0.3 is 9.64 Å². The molecule has 0 spiro atoms. The van der Waals surface area contributed by atoms with Crippen LogP contribution in [0.15, 0.2) is 60.9 Å². The number of halogens is 3. The van der Waals surface area contributed by atoms with Gasteiger partial charge in [0.15, 0.2) is 5.75 Å². The molecule has 1 heterocycles. The van der Waals surface area contributed by atoms with E-state index < -0.39 is 5.82 Å². The summed E-state index contributed by atoms with van der Waals surface area (Å²) in [6.07, 6.45) is 2.89. The number of aromatic nitrogens is 1. The van der Waals surface area contributed by atoms with Gasteiger partial charge in [-0.15, -0.1) is 0 Å². The Labute approximate surface area is 159 Å². The van der Waals surface area contributed by atoms with Gasteiger partial charge in [-0.3, -0.25) is 9.78 Å². The van der Waals surface area contributed by atoms with Crippen molar-refractivity contribution < 1.29 is 13.9 Å². The summed E-state index contributed by atoms with van der Waals surface area (Å²) in [7, 11) is 1.61. The first-order chi connectivity index (χ1) is 12.5. The maximum Gasteiger partial charge on any atom is 0.261 e. The van der Waals surface area contributed by atoms with Gasteiger partial charge in [0.2, 0.25) is 0 Å². The van der Waals surface area contributed by atoms with Crippen molar-refractivity contribution in [2.75, 3.05) is 11.9 Å². The van der Waals surface area contributed by atoms with E-state index in [1.54, 1.807) is 31.3 Å². The van der Waals surface area contributed by atoms with Crippen molar-refractivity contribution in [1.29, 1.82) is 0 Å². The number of carbonyl (C=O) groups is 1. The fourth-order valence-electron chi connectivity index (χ4n) is 2.32. The second-order valence-corrected chi connectivity index (χ2v) is 6.18. The number of benzene rings is 2. The first-order valence-corrected chi connectivity index (χ1v) is 8.32. The summed E-state index contributed by atoms with van der Waals surface area (Å²) in [5.41, 5.74) is 0.842. The highest BCUT2D eigenvalue weighted by atomic mass is 35.5. The number of nitrogens with zero attached hydrogens (tertiary/aromatic N) is 2. The molecule has 0 saturated carbocycles. The Morgan fingerprint density at radius 3 is 2.62 bits per heavy atom. The molecule has 26 heavy (non-hydrogen) atoms. The normalized spacial score (nSPS) is 10.5. The monoisotopic (exact) mass is 390 g/mol. The molecule has 0 radical (unpaired) electrons. The van der Waals surface area contributed by atoms with Gasteiger partial charge in [0.1, 0.15) is 11.6 Å². The Kier molecular flexibility index (Phi) is 5.40. The Bertz CT molecular complexity index is 966. The van der Waals surface area contributed by atoms with E-state index in [4.69, 9.17) is 27.9 Å². The molecule has 0 aliphatic carbocycles. The highest BCUT2D eigenvalue weighted by molar-refractivity contribution is 6.34. The smallest absolute Gasteiger partial charge is 0.261 e. The van der Waals surface area contributed by atoms with Crippen LogP contribution in [0.25, 0.3) is 0 Å². The van der Waals surface area contributed by atoms with E-state index in [9.17, 15) is 9.18 Å². The molecule has 0 unspecified atom stereocenters. The lowest BCUT2D eigenvalue weighted by molar-refractivity contribution is 0.0990. The number of ether oxygens (including phenoxy) is 1. The number of para-hydroxylation sites is 1. The number of hydrogen-bond acceptors (Lipinski definition) is 3. The summed E-state index contributed by atoms with van der Waals surface area (Å²) in [6.45, 7) is 0. The van der Waals surface area contributed by atoms with Gasteiger partial charge in [0.05, 0.1) is 27.5 Å². The average Bonchev–Trinajstić information content (AvgIpc) is 2.64. The molecule has 0 bridgehead atoms. The number of anilines is 1. The van der Waals surface area contributed by atoms with Crippen LogP contribution in [0.1, 0.15) is 10.4 Å². The van der Waals surface area contributed by atoms with Crippen molar-refractivity contribution in [3.05, 3.63) is 82.4 Å². The van der Waals surface area contributed by atoms with Crippen molar-refractivity contribution in [2.45, 2.75) is 0 Å². The summed E-state index contributed by atoms with van der Waals surface area (Å²) in [5, 5.41) is 0.373. The Morgan fingerprint density at radius 1 is 1.12 bits per heavy atom. The van der Waals surface area contributed by atoms with Crippen LogP contribution >= 0.6 is 23.2 Å². The Balaban J connectivity index is 1.92. The van der Waals surface area contributed by atoms with Gasteiger partial charge >= 0.3 is 0 Å². The second-order valence-electron chi connectivity index (χ2n) is 5.37. The second kappa shape index (κ2) is 7.72. The predicted octanol–water partition coefficient (Wildman–Crippen LogP) is 5.60. The molecule has 0 N–H and O–H groups in total. The van der Waals surface area contributed by atoms with E-state index in [-0.39, 0.29) is 22.2 Å². The zero-order chi connectivity index (χ0) is 18.7. The van der Waals surface area contributed by atoms with Crippen LogP contribution in [0, 0.1) is 5.82 Å². The van der Waals surface area contributed by atoms with Crippen molar-refractivity contribution in [3.8, 4) is 11.5 Å². The minimum Gasteiger partial charge on any atom is -0.455 e. The predicted molar refractivity (Wildman–Crippen MR) is 99.9 cm³/mol. The standard InChI is InChI=1S/C19H13Cl2FN2O2/c1-24(17-5-3-2-4-14(17)20)19(25)13-8-9-23-11-18(13)26-12-6-7-16(22)15(21)10-12/h2-11H,1H3. The summed E-state index contributed by atoms with van der Waals surface area (Å²) < 4.78 is 19.0. The van der Waals surface area contributed by atoms with E-state index in [0.717, 1.165) is 0 Å². The molecule has 7 heteroatoms. The van der Waals surface area contributed by atoms with Crippen LogP contribution in [0.4, 0.5) is 10.1 Å². The van der Waals surface area contributed by atoms with Crippen LogP contribution in [-0.2, 0) is 0 Å². The first-order valence-electron chi connectivity index (χ1n) is 7.57. The molecule has 4 nitrogen and oxygen atoms in total. The summed E-state index contributed by atoms with van der Waals surface area (Å²) in [6, 6.07) is 12.5. The molecule has 0 fully saturated rings. The quantitative estimate of drug-likeness (QED) is 0.582. The lowest BCUT2D eigenvalue weighted by Gasteiger charge is -2.20. The average molecular weight is 391 g/mol. The lowest BCUT2D eigenvalue weighted by Crippen LogP contribution is -2.26. The van der Waals surface area contributed by atoms with E-state index >= 15 is 0 Å². The molecular formula is C19H13Cl2FN2O2. The first kappa shape index (κ1) is 18.2. The number of rotatable bonds is 4. The van der Waals surface area contributed by atoms with Gasteiger partial charge in [-0.05, 0) is 30.3 Å². The highest BCUT2D eigenvalue weighted by Crippen LogP contribution is 2.30. The van der Waals surface area contributed by atoms with Gasteiger partial charge in [0.25, 0.3) is 5.91 Å². The van der Waals surface area contributed by atoms with Gasteiger partial charge in [-0.2, -0.15) is 0 Å². The minimum atomic E-state index is -0.556. The van der Waals surface area contributed by atoms with Crippen molar-refractivity contribution in [1.82, 2.24) is 4.98 Å². The zero-order valence-electron chi connectivity index (χ0n) is 13.6. The van der Waals surface area contributed by atoms with E-state index in [1.165, 1.54) is 41.6 Å². The van der Waals surface area contributed by atoms with E-state index in [0.29, 0.717) is 16.5 Å². The maximum atomic E-state index is 13.3. The summed E-state index contributed by atoms with van der Waals surface area (Å²) in [4.78, 5) is 18.3. The molecule has 1 aromatic heterocycles. The maximum absolute atomic E-state index is 13.3. The van der Waals surface area contributed by atoms with Crippen LogP contribution in [0.2, 0.25) is 10.0 Å². The minimum absolute atomic E-state index is 0.0764. The molecule has 132 valence electrons. The molecule has 3 aromatic rings. The van der Waals surface area contributed by atoms with Crippen LogP contribution in [-0.4, -0.2) is 17.9 Å². The molecule has 3 rings (SSSR count). The molecule has 0 atom stereocenters. The highest BCUT2D eigenvalue weighted by Gasteiger charge is 2.20. The molecule has 0 saturated heterocycles. The third-order valence-corrected chi connectivity index (χ3v) is 4.26. The van der Waals surface area contributed by atoms with Crippen molar-refractivity contribution in [2.24, 2.45) is 0 Å². The summed E-state index contributed by atoms with van der Waals surface area (Å²) >= 11 is 11.9. The van der Waals surface area contributed by atoms with Gasteiger partial charge in [-0.25, -0.2) is 4.39 Å². The van der Waals surface area contributed by atoms with Crippen molar-refractivity contribution in [3.63, 3.8) is 0 Å². The third kappa shape index (κ3) is 3.79. The number of amides is 1. The van der Waals surface area contributed by atoms with Gasteiger partial charge in [-0.1, -0.05) is 35.3 Å². The number of carbonyl (C=O) groups excluding carboxylic acids is 1. The van der Waals surface area contributed by atoms with E-state index in [2.05, 4.69) is 4.98 Å². The lowest BCUT2D eigenvalue weighted by atomic mass is 10.2. The van der Waals surface area contributed by atoms with Crippen LogP contribution in [0.5, 0.6) is 11.5 Å².